The molecule has 5 nitrogen and oxygen atoms in total. The molecule has 2 aromatic rings. The molecule has 0 atom stereocenters. The minimum absolute atomic E-state index is 0.0162. The highest BCUT2D eigenvalue weighted by atomic mass is 16.6. The first-order valence-electron chi connectivity index (χ1n) is 6.47. The number of hydrogen-bond acceptors (Lipinski definition) is 4. The maximum absolute atomic E-state index is 10.8. The topological polar surface area (TPSA) is 76.2 Å². The Morgan fingerprint density at radius 3 is 2.52 bits per heavy atom. The van der Waals surface area contributed by atoms with Gasteiger partial charge in [-0.3, -0.25) is 10.1 Å². The number of nitro groups is 1. The number of hydrogen-bond donors (Lipinski definition) is 0. The van der Waals surface area contributed by atoms with Crippen LogP contribution in [0, 0.1) is 21.4 Å². The normalized spacial score (nSPS) is 10.2. The Balaban J connectivity index is 2.30. The van der Waals surface area contributed by atoms with Gasteiger partial charge in [0.1, 0.15) is 23.1 Å². The Morgan fingerprint density at radius 1 is 1.19 bits per heavy atom. The summed E-state index contributed by atoms with van der Waals surface area (Å²) >= 11 is 0. The lowest BCUT2D eigenvalue weighted by Crippen LogP contribution is -1.94. The van der Waals surface area contributed by atoms with E-state index in [1.165, 1.54) is 18.2 Å². The number of nitrogens with zero attached hydrogens (tertiary/aromatic N) is 2. The molecule has 21 heavy (non-hydrogen) atoms. The molecule has 0 fully saturated rings. The smallest absolute Gasteiger partial charge is 0.287 e. The van der Waals surface area contributed by atoms with E-state index in [0.29, 0.717) is 17.4 Å². The van der Waals surface area contributed by atoms with Crippen LogP contribution in [-0.4, -0.2) is 4.92 Å². The van der Waals surface area contributed by atoms with Gasteiger partial charge in [0.25, 0.3) is 5.69 Å². The van der Waals surface area contributed by atoms with E-state index >= 15 is 0 Å². The van der Waals surface area contributed by atoms with Gasteiger partial charge in [0, 0.05) is 12.1 Å². The summed E-state index contributed by atoms with van der Waals surface area (Å²) in [7, 11) is 0. The monoisotopic (exact) mass is 282 g/mol. The van der Waals surface area contributed by atoms with E-state index in [4.69, 9.17) is 10.00 Å². The third kappa shape index (κ3) is 3.37. The van der Waals surface area contributed by atoms with Crippen LogP contribution in [0.15, 0.2) is 42.5 Å². The predicted octanol–water partition coefficient (Wildman–Crippen LogP) is 4.38. The molecule has 0 unspecified atom stereocenters. The number of ether oxygens (including phenoxy) is 1. The summed E-state index contributed by atoms with van der Waals surface area (Å²) < 4.78 is 5.67. The Morgan fingerprint density at radius 2 is 1.90 bits per heavy atom. The molecule has 0 bridgehead atoms. The Bertz CT molecular complexity index is 718. The molecule has 0 radical (unpaired) electrons. The molecule has 0 aromatic heterocycles. The Labute approximate surface area is 122 Å². The van der Waals surface area contributed by atoms with Crippen LogP contribution < -0.4 is 4.74 Å². The number of rotatable bonds is 4. The van der Waals surface area contributed by atoms with Crippen molar-refractivity contribution >= 4 is 5.69 Å². The van der Waals surface area contributed by atoms with Crippen molar-refractivity contribution in [3.8, 4) is 17.6 Å². The SMILES string of the molecule is CC(C)c1cccc(Oc2ccc([N+](=O)[O-])c(C#N)c2)c1. The van der Waals surface area contributed by atoms with Crippen molar-refractivity contribution in [3.63, 3.8) is 0 Å². The van der Waals surface area contributed by atoms with Gasteiger partial charge >= 0.3 is 0 Å². The van der Waals surface area contributed by atoms with Crippen LogP contribution in [0.5, 0.6) is 11.5 Å². The van der Waals surface area contributed by atoms with Crippen molar-refractivity contribution in [2.75, 3.05) is 0 Å². The average Bonchev–Trinajstić information content (AvgIpc) is 2.47. The Hall–Kier alpha value is -2.87. The number of nitro benzene ring substituents is 1. The highest BCUT2D eigenvalue weighted by molar-refractivity contribution is 5.52. The standard InChI is InChI=1S/C16H14N2O3/c1-11(2)12-4-3-5-14(8-12)21-15-6-7-16(18(19)20)13(9-15)10-17/h3-9,11H,1-2H3. The molecular weight excluding hydrogens is 268 g/mol. The summed E-state index contributed by atoms with van der Waals surface area (Å²) in [6, 6.07) is 13.6. The minimum Gasteiger partial charge on any atom is -0.457 e. The highest BCUT2D eigenvalue weighted by Gasteiger charge is 2.14. The summed E-state index contributed by atoms with van der Waals surface area (Å²) in [6.07, 6.45) is 0. The van der Waals surface area contributed by atoms with E-state index in [-0.39, 0.29) is 11.3 Å². The second-order valence-corrected chi connectivity index (χ2v) is 4.88. The Kier molecular flexibility index (Phi) is 4.19. The number of benzene rings is 2. The fourth-order valence-electron chi connectivity index (χ4n) is 1.90. The molecule has 5 heteroatoms. The first kappa shape index (κ1) is 14.5. The quantitative estimate of drug-likeness (QED) is 0.615. The molecule has 0 aliphatic carbocycles. The van der Waals surface area contributed by atoms with E-state index in [2.05, 4.69) is 13.8 Å². The van der Waals surface area contributed by atoms with Crippen LogP contribution in [0.2, 0.25) is 0 Å². The van der Waals surface area contributed by atoms with Crippen LogP contribution in [0.3, 0.4) is 0 Å². The van der Waals surface area contributed by atoms with E-state index in [1.807, 2.05) is 24.3 Å². The van der Waals surface area contributed by atoms with Crippen LogP contribution in [0.4, 0.5) is 5.69 Å². The van der Waals surface area contributed by atoms with Crippen LogP contribution >= 0.6 is 0 Å². The largest absolute Gasteiger partial charge is 0.457 e. The lowest BCUT2D eigenvalue weighted by Gasteiger charge is -2.10. The molecule has 106 valence electrons. The fraction of sp³-hybridized carbons (Fsp3) is 0.188. The summed E-state index contributed by atoms with van der Waals surface area (Å²) in [4.78, 5) is 10.2. The lowest BCUT2D eigenvalue weighted by molar-refractivity contribution is -0.385. The van der Waals surface area contributed by atoms with Gasteiger partial charge in [-0.05, 0) is 29.7 Å². The maximum atomic E-state index is 10.8. The van der Waals surface area contributed by atoms with Gasteiger partial charge in [0.15, 0.2) is 0 Å². The van der Waals surface area contributed by atoms with E-state index < -0.39 is 4.92 Å². The van der Waals surface area contributed by atoms with E-state index in [1.54, 1.807) is 6.07 Å². The molecule has 0 spiro atoms. The molecule has 0 aliphatic heterocycles. The highest BCUT2D eigenvalue weighted by Crippen LogP contribution is 2.28. The molecule has 0 saturated heterocycles. The zero-order chi connectivity index (χ0) is 15.4. The maximum Gasteiger partial charge on any atom is 0.287 e. The van der Waals surface area contributed by atoms with Crippen molar-refractivity contribution in [2.24, 2.45) is 0 Å². The van der Waals surface area contributed by atoms with Crippen molar-refractivity contribution < 1.29 is 9.66 Å². The molecule has 0 N–H and O–H groups in total. The van der Waals surface area contributed by atoms with Crippen LogP contribution in [-0.2, 0) is 0 Å². The first-order chi connectivity index (χ1) is 10.0. The summed E-state index contributed by atoms with van der Waals surface area (Å²) in [5.74, 6) is 1.41. The third-order valence-electron chi connectivity index (χ3n) is 3.05. The van der Waals surface area contributed by atoms with Crippen molar-refractivity contribution in [2.45, 2.75) is 19.8 Å². The van der Waals surface area contributed by atoms with Gasteiger partial charge in [0.05, 0.1) is 4.92 Å². The van der Waals surface area contributed by atoms with Crippen molar-refractivity contribution in [3.05, 3.63) is 63.7 Å². The van der Waals surface area contributed by atoms with Crippen molar-refractivity contribution in [1.29, 1.82) is 5.26 Å². The van der Waals surface area contributed by atoms with Gasteiger partial charge < -0.3 is 4.74 Å². The molecule has 2 aromatic carbocycles. The summed E-state index contributed by atoms with van der Waals surface area (Å²) in [5.41, 5.74) is 0.896. The zero-order valence-electron chi connectivity index (χ0n) is 11.7. The van der Waals surface area contributed by atoms with Crippen molar-refractivity contribution in [1.82, 2.24) is 0 Å². The van der Waals surface area contributed by atoms with E-state index in [9.17, 15) is 10.1 Å². The van der Waals surface area contributed by atoms with Gasteiger partial charge in [-0.1, -0.05) is 26.0 Å². The molecule has 0 aliphatic rings. The van der Waals surface area contributed by atoms with Gasteiger partial charge in [-0.15, -0.1) is 0 Å². The van der Waals surface area contributed by atoms with Crippen LogP contribution in [0.1, 0.15) is 30.9 Å². The summed E-state index contributed by atoms with van der Waals surface area (Å²) in [5, 5.41) is 19.7. The third-order valence-corrected chi connectivity index (χ3v) is 3.05. The first-order valence-corrected chi connectivity index (χ1v) is 6.47. The van der Waals surface area contributed by atoms with E-state index in [0.717, 1.165) is 5.56 Å². The predicted molar refractivity (Wildman–Crippen MR) is 78.4 cm³/mol. The van der Waals surface area contributed by atoms with Crippen LogP contribution in [0.25, 0.3) is 0 Å². The second-order valence-electron chi connectivity index (χ2n) is 4.88. The minimum atomic E-state index is -0.582. The number of nitriles is 1. The fourth-order valence-corrected chi connectivity index (χ4v) is 1.90. The zero-order valence-corrected chi connectivity index (χ0v) is 11.7. The second kappa shape index (κ2) is 6.06. The molecule has 0 saturated carbocycles. The molecular formula is C16H14N2O3. The lowest BCUT2D eigenvalue weighted by atomic mass is 10.0. The molecule has 0 amide bonds. The van der Waals surface area contributed by atoms with Gasteiger partial charge in [-0.2, -0.15) is 5.26 Å². The molecule has 0 heterocycles. The van der Waals surface area contributed by atoms with Gasteiger partial charge in [0.2, 0.25) is 0 Å². The average molecular weight is 282 g/mol. The van der Waals surface area contributed by atoms with Gasteiger partial charge in [-0.25, -0.2) is 0 Å². The summed E-state index contributed by atoms with van der Waals surface area (Å²) in [6.45, 7) is 4.16. The molecule has 2 rings (SSSR count).